The van der Waals surface area contributed by atoms with E-state index in [1.54, 1.807) is 0 Å². The lowest BCUT2D eigenvalue weighted by atomic mass is 10.0. The largest absolute Gasteiger partial charge is 0.354 e. The highest BCUT2D eigenvalue weighted by Gasteiger charge is 2.10. The number of nitrogens with one attached hydrogen (secondary N) is 1. The van der Waals surface area contributed by atoms with Gasteiger partial charge in [0, 0.05) is 21.7 Å². The van der Waals surface area contributed by atoms with Gasteiger partial charge in [-0.05, 0) is 36.4 Å². The first kappa shape index (κ1) is 12.4. The Hall–Kier alpha value is -2.32. The van der Waals surface area contributed by atoms with Gasteiger partial charge in [0.2, 0.25) is 0 Å². The Morgan fingerprint density at radius 3 is 2.48 bits per heavy atom. The SMILES string of the molecule is Cc1c(CCN)ccc2c1[nH]c1c3ccccc3ccc21. The third-order valence-electron chi connectivity index (χ3n) is 4.46. The van der Waals surface area contributed by atoms with Gasteiger partial charge in [-0.3, -0.25) is 0 Å². The van der Waals surface area contributed by atoms with Crippen molar-refractivity contribution < 1.29 is 0 Å². The van der Waals surface area contributed by atoms with E-state index in [0.29, 0.717) is 6.54 Å². The van der Waals surface area contributed by atoms with Crippen molar-refractivity contribution in [2.24, 2.45) is 5.73 Å². The number of aromatic nitrogens is 1. The van der Waals surface area contributed by atoms with Gasteiger partial charge in [-0.25, -0.2) is 0 Å². The molecular formula is C19H18N2. The van der Waals surface area contributed by atoms with Gasteiger partial charge in [0.25, 0.3) is 0 Å². The van der Waals surface area contributed by atoms with Crippen LogP contribution in [-0.4, -0.2) is 11.5 Å². The molecule has 0 saturated heterocycles. The Bertz CT molecular complexity index is 963. The molecule has 3 aromatic carbocycles. The molecule has 0 spiro atoms. The van der Waals surface area contributed by atoms with E-state index in [-0.39, 0.29) is 0 Å². The second-order valence-electron chi connectivity index (χ2n) is 5.65. The molecule has 4 rings (SSSR count). The summed E-state index contributed by atoms with van der Waals surface area (Å²) in [6, 6.07) is 17.4. The number of aromatic amines is 1. The van der Waals surface area contributed by atoms with Gasteiger partial charge >= 0.3 is 0 Å². The Balaban J connectivity index is 2.14. The van der Waals surface area contributed by atoms with Crippen molar-refractivity contribution in [3.05, 3.63) is 59.7 Å². The molecule has 0 aliphatic heterocycles. The maximum absolute atomic E-state index is 5.71. The lowest BCUT2D eigenvalue weighted by Gasteiger charge is -2.05. The molecule has 4 aromatic rings. The normalized spacial score (nSPS) is 11.7. The maximum atomic E-state index is 5.71. The summed E-state index contributed by atoms with van der Waals surface area (Å²) < 4.78 is 0. The minimum Gasteiger partial charge on any atom is -0.354 e. The second-order valence-corrected chi connectivity index (χ2v) is 5.65. The van der Waals surface area contributed by atoms with Crippen LogP contribution in [0.5, 0.6) is 0 Å². The minimum absolute atomic E-state index is 0.690. The quantitative estimate of drug-likeness (QED) is 0.562. The van der Waals surface area contributed by atoms with Crippen LogP contribution < -0.4 is 5.73 Å². The summed E-state index contributed by atoms with van der Waals surface area (Å²) in [5, 5.41) is 5.16. The molecule has 0 unspecified atom stereocenters. The summed E-state index contributed by atoms with van der Waals surface area (Å²) in [5.41, 5.74) is 10.8. The van der Waals surface area contributed by atoms with Crippen LogP contribution in [0.3, 0.4) is 0 Å². The Morgan fingerprint density at radius 1 is 0.857 bits per heavy atom. The van der Waals surface area contributed by atoms with Crippen molar-refractivity contribution in [2.45, 2.75) is 13.3 Å². The Kier molecular flexibility index (Phi) is 2.72. The van der Waals surface area contributed by atoms with Gasteiger partial charge in [0.1, 0.15) is 0 Å². The first-order chi connectivity index (χ1) is 10.3. The van der Waals surface area contributed by atoms with Crippen molar-refractivity contribution in [1.82, 2.24) is 4.98 Å². The summed E-state index contributed by atoms with van der Waals surface area (Å²) in [7, 11) is 0. The molecule has 0 aliphatic rings. The van der Waals surface area contributed by atoms with Gasteiger partial charge in [-0.15, -0.1) is 0 Å². The molecule has 0 atom stereocenters. The van der Waals surface area contributed by atoms with Crippen LogP contribution in [0.15, 0.2) is 48.5 Å². The number of fused-ring (bicyclic) bond motifs is 5. The zero-order valence-corrected chi connectivity index (χ0v) is 12.1. The predicted molar refractivity (Wildman–Crippen MR) is 90.8 cm³/mol. The minimum atomic E-state index is 0.690. The first-order valence-electron chi connectivity index (χ1n) is 7.41. The summed E-state index contributed by atoms with van der Waals surface area (Å²) in [6.07, 6.45) is 0.928. The lowest BCUT2D eigenvalue weighted by molar-refractivity contribution is 0.961. The fraction of sp³-hybridized carbons (Fsp3) is 0.158. The zero-order chi connectivity index (χ0) is 14.4. The molecule has 0 saturated carbocycles. The summed E-state index contributed by atoms with van der Waals surface area (Å²) in [4.78, 5) is 3.65. The smallest absolute Gasteiger partial charge is 0.0544 e. The van der Waals surface area contributed by atoms with Crippen LogP contribution in [0.4, 0.5) is 0 Å². The maximum Gasteiger partial charge on any atom is 0.0544 e. The van der Waals surface area contributed by atoms with Crippen molar-refractivity contribution >= 4 is 32.6 Å². The monoisotopic (exact) mass is 274 g/mol. The van der Waals surface area contributed by atoms with Gasteiger partial charge in [-0.1, -0.05) is 48.5 Å². The van der Waals surface area contributed by atoms with Crippen LogP contribution >= 0.6 is 0 Å². The lowest BCUT2D eigenvalue weighted by Crippen LogP contribution is -2.04. The predicted octanol–water partition coefficient (Wildman–Crippen LogP) is 4.28. The molecular weight excluding hydrogens is 256 g/mol. The number of rotatable bonds is 2. The van der Waals surface area contributed by atoms with Crippen molar-refractivity contribution in [3.8, 4) is 0 Å². The number of benzene rings is 3. The third kappa shape index (κ3) is 1.76. The number of H-pyrrole nitrogens is 1. The number of aryl methyl sites for hydroxylation is 1. The van der Waals surface area contributed by atoms with E-state index in [9.17, 15) is 0 Å². The fourth-order valence-electron chi connectivity index (χ4n) is 3.32. The molecule has 0 amide bonds. The van der Waals surface area contributed by atoms with E-state index < -0.39 is 0 Å². The molecule has 1 aromatic heterocycles. The number of hydrogen-bond acceptors (Lipinski definition) is 1. The van der Waals surface area contributed by atoms with Crippen molar-refractivity contribution in [1.29, 1.82) is 0 Å². The van der Waals surface area contributed by atoms with Gasteiger partial charge in [-0.2, -0.15) is 0 Å². The van der Waals surface area contributed by atoms with E-state index in [4.69, 9.17) is 5.73 Å². The molecule has 2 heteroatoms. The highest BCUT2D eigenvalue weighted by atomic mass is 14.7. The van der Waals surface area contributed by atoms with Crippen molar-refractivity contribution in [3.63, 3.8) is 0 Å². The number of nitrogens with two attached hydrogens (primary N) is 1. The Morgan fingerprint density at radius 2 is 1.62 bits per heavy atom. The summed E-state index contributed by atoms with van der Waals surface area (Å²) >= 11 is 0. The molecule has 104 valence electrons. The highest BCUT2D eigenvalue weighted by molar-refractivity contribution is 6.17. The number of hydrogen-bond donors (Lipinski definition) is 2. The topological polar surface area (TPSA) is 41.8 Å². The molecule has 0 aliphatic carbocycles. The van der Waals surface area contributed by atoms with Gasteiger partial charge in [0.15, 0.2) is 0 Å². The zero-order valence-electron chi connectivity index (χ0n) is 12.1. The van der Waals surface area contributed by atoms with E-state index in [1.807, 2.05) is 0 Å². The summed E-state index contributed by atoms with van der Waals surface area (Å²) in [6.45, 7) is 2.88. The van der Waals surface area contributed by atoms with E-state index in [2.05, 4.69) is 60.4 Å². The Labute approximate surface area is 123 Å². The van der Waals surface area contributed by atoms with Gasteiger partial charge < -0.3 is 10.7 Å². The molecule has 21 heavy (non-hydrogen) atoms. The molecule has 0 bridgehead atoms. The van der Waals surface area contributed by atoms with Crippen LogP contribution in [0.2, 0.25) is 0 Å². The first-order valence-corrected chi connectivity index (χ1v) is 7.41. The molecule has 0 radical (unpaired) electrons. The van der Waals surface area contributed by atoms with E-state index in [1.165, 1.54) is 43.7 Å². The van der Waals surface area contributed by atoms with Crippen LogP contribution in [0.25, 0.3) is 32.6 Å². The standard InChI is InChI=1S/C19H18N2/c1-12-13(10-11-20)6-8-16-17-9-7-14-4-2-3-5-15(14)19(17)21-18(12)16/h2-9,21H,10-11,20H2,1H3. The molecule has 3 N–H and O–H groups in total. The molecule has 2 nitrogen and oxygen atoms in total. The molecule has 1 heterocycles. The highest BCUT2D eigenvalue weighted by Crippen LogP contribution is 2.33. The van der Waals surface area contributed by atoms with Crippen LogP contribution in [0, 0.1) is 6.92 Å². The van der Waals surface area contributed by atoms with Gasteiger partial charge in [0.05, 0.1) is 5.52 Å². The fourth-order valence-corrected chi connectivity index (χ4v) is 3.32. The average molecular weight is 274 g/mol. The van der Waals surface area contributed by atoms with E-state index >= 15 is 0 Å². The third-order valence-corrected chi connectivity index (χ3v) is 4.46. The second kappa shape index (κ2) is 4.61. The van der Waals surface area contributed by atoms with Crippen LogP contribution in [0.1, 0.15) is 11.1 Å². The van der Waals surface area contributed by atoms with Crippen LogP contribution in [-0.2, 0) is 6.42 Å². The van der Waals surface area contributed by atoms with Crippen molar-refractivity contribution in [2.75, 3.05) is 6.54 Å². The van der Waals surface area contributed by atoms with E-state index in [0.717, 1.165) is 6.42 Å². The summed E-state index contributed by atoms with van der Waals surface area (Å²) in [5.74, 6) is 0. The molecule has 0 fully saturated rings. The average Bonchev–Trinajstić information content (AvgIpc) is 2.90.